The van der Waals surface area contributed by atoms with Crippen LogP contribution in [0.25, 0.3) is 0 Å². The lowest BCUT2D eigenvalue weighted by atomic mass is 10.3. The number of sulfonamides is 1. The first kappa shape index (κ1) is 20.0. The van der Waals surface area contributed by atoms with Crippen molar-refractivity contribution in [3.8, 4) is 11.5 Å². The first-order chi connectivity index (χ1) is 12.2. The van der Waals surface area contributed by atoms with Gasteiger partial charge in [0.05, 0.1) is 24.8 Å². The molecule has 0 heterocycles. The Kier molecular flexibility index (Phi) is 6.09. The summed E-state index contributed by atoms with van der Waals surface area (Å²) in [6.45, 7) is -0.949. The van der Waals surface area contributed by atoms with Gasteiger partial charge in [-0.05, 0) is 30.3 Å². The van der Waals surface area contributed by atoms with E-state index in [1.54, 1.807) is 0 Å². The smallest absolute Gasteiger partial charge is 0.324 e. The maximum absolute atomic E-state index is 14.3. The third kappa shape index (κ3) is 4.07. The number of hydrogen-bond donors (Lipinski definition) is 1. The highest BCUT2D eigenvalue weighted by Gasteiger charge is 2.30. The number of ether oxygens (including phenoxy) is 2. The molecule has 26 heavy (non-hydrogen) atoms. The minimum absolute atomic E-state index is 0.139. The highest BCUT2D eigenvalue weighted by molar-refractivity contribution is 9.10. The monoisotopic (exact) mass is 447 g/mol. The minimum atomic E-state index is -4.38. The van der Waals surface area contributed by atoms with E-state index in [0.717, 1.165) is 6.07 Å². The molecule has 2 aromatic carbocycles. The number of carbonyl (C=O) groups is 1. The first-order valence-corrected chi connectivity index (χ1v) is 9.35. The topological polar surface area (TPSA) is 93.1 Å². The molecule has 2 aromatic rings. The molecule has 2 rings (SSSR count). The SMILES string of the molecule is COc1ccc(S(=O)(=O)N(CC(=O)O)c2ccc(Br)cc2F)cc1OC. The van der Waals surface area contributed by atoms with Crippen LogP contribution in [0.2, 0.25) is 0 Å². The van der Waals surface area contributed by atoms with E-state index in [4.69, 9.17) is 14.6 Å². The van der Waals surface area contributed by atoms with Crippen LogP contribution in [0.4, 0.5) is 10.1 Å². The van der Waals surface area contributed by atoms with Crippen LogP contribution in [0.15, 0.2) is 45.8 Å². The normalized spacial score (nSPS) is 11.1. The van der Waals surface area contributed by atoms with E-state index >= 15 is 0 Å². The number of hydrogen-bond acceptors (Lipinski definition) is 5. The maximum Gasteiger partial charge on any atom is 0.324 e. The standard InChI is InChI=1S/C16H15BrFNO6S/c1-24-14-6-4-11(8-15(14)25-2)26(22,23)19(9-16(20)21)13-5-3-10(17)7-12(13)18/h3-8H,9H2,1-2H3,(H,20,21). The number of methoxy groups -OCH3 is 2. The molecule has 0 aromatic heterocycles. The zero-order valence-corrected chi connectivity index (χ0v) is 16.2. The highest BCUT2D eigenvalue weighted by atomic mass is 79.9. The molecule has 0 saturated carbocycles. The fourth-order valence-electron chi connectivity index (χ4n) is 2.21. The van der Waals surface area contributed by atoms with Gasteiger partial charge in [-0.3, -0.25) is 9.10 Å². The van der Waals surface area contributed by atoms with Crippen LogP contribution < -0.4 is 13.8 Å². The summed E-state index contributed by atoms with van der Waals surface area (Å²) < 4.78 is 51.2. The molecule has 0 radical (unpaired) electrons. The van der Waals surface area contributed by atoms with Crippen molar-refractivity contribution in [1.82, 2.24) is 0 Å². The van der Waals surface area contributed by atoms with Crippen molar-refractivity contribution in [1.29, 1.82) is 0 Å². The van der Waals surface area contributed by atoms with E-state index in [-0.39, 0.29) is 16.3 Å². The number of benzene rings is 2. The summed E-state index contributed by atoms with van der Waals surface area (Å²) >= 11 is 3.07. The molecule has 0 spiro atoms. The second-order valence-electron chi connectivity index (χ2n) is 5.02. The molecule has 7 nitrogen and oxygen atoms in total. The molecule has 0 bridgehead atoms. The lowest BCUT2D eigenvalue weighted by Gasteiger charge is -2.23. The number of halogens is 2. The van der Waals surface area contributed by atoms with E-state index in [1.165, 1.54) is 44.6 Å². The van der Waals surface area contributed by atoms with Crippen molar-refractivity contribution in [2.75, 3.05) is 25.1 Å². The van der Waals surface area contributed by atoms with Gasteiger partial charge in [0.25, 0.3) is 10.0 Å². The zero-order valence-electron chi connectivity index (χ0n) is 13.8. The van der Waals surface area contributed by atoms with Gasteiger partial charge in [-0.25, -0.2) is 12.8 Å². The van der Waals surface area contributed by atoms with Gasteiger partial charge < -0.3 is 14.6 Å². The third-order valence-electron chi connectivity index (χ3n) is 3.40. The second-order valence-corrected chi connectivity index (χ2v) is 7.80. The summed E-state index contributed by atoms with van der Waals surface area (Å²) in [6, 6.07) is 7.41. The van der Waals surface area contributed by atoms with Gasteiger partial charge in [-0.2, -0.15) is 0 Å². The highest BCUT2D eigenvalue weighted by Crippen LogP contribution is 2.33. The lowest BCUT2D eigenvalue weighted by molar-refractivity contribution is -0.135. The predicted octanol–water partition coefficient (Wildman–Crippen LogP) is 2.89. The van der Waals surface area contributed by atoms with E-state index in [9.17, 15) is 17.6 Å². The molecule has 0 amide bonds. The van der Waals surface area contributed by atoms with Crippen molar-refractivity contribution in [3.05, 3.63) is 46.7 Å². The molecular weight excluding hydrogens is 433 g/mol. The summed E-state index contributed by atoms with van der Waals surface area (Å²) in [5.41, 5.74) is -0.384. The summed E-state index contributed by atoms with van der Waals surface area (Å²) in [6.07, 6.45) is 0. The summed E-state index contributed by atoms with van der Waals surface area (Å²) in [5.74, 6) is -1.88. The van der Waals surface area contributed by atoms with Gasteiger partial charge in [-0.15, -0.1) is 0 Å². The summed E-state index contributed by atoms with van der Waals surface area (Å²) in [7, 11) is -1.66. The van der Waals surface area contributed by atoms with Crippen LogP contribution in [0.3, 0.4) is 0 Å². The predicted molar refractivity (Wildman–Crippen MR) is 95.8 cm³/mol. The molecule has 0 aliphatic rings. The van der Waals surface area contributed by atoms with Crippen molar-refractivity contribution in [3.63, 3.8) is 0 Å². The molecular formula is C16H15BrFNO6S. The summed E-state index contributed by atoms with van der Waals surface area (Å²) in [5, 5.41) is 9.10. The Labute approximate surface area is 158 Å². The number of aliphatic carboxylic acids is 1. The quantitative estimate of drug-likeness (QED) is 0.701. The fourth-order valence-corrected chi connectivity index (χ4v) is 3.98. The van der Waals surface area contributed by atoms with E-state index in [1.807, 2.05) is 0 Å². The van der Waals surface area contributed by atoms with Crippen molar-refractivity contribution in [2.45, 2.75) is 4.90 Å². The molecule has 10 heteroatoms. The fraction of sp³-hybridized carbons (Fsp3) is 0.188. The van der Waals surface area contributed by atoms with Gasteiger partial charge in [-0.1, -0.05) is 15.9 Å². The largest absolute Gasteiger partial charge is 0.493 e. The number of carboxylic acids is 1. The van der Waals surface area contributed by atoms with Crippen LogP contribution >= 0.6 is 15.9 Å². The Hall–Kier alpha value is -2.33. The molecule has 0 atom stereocenters. The van der Waals surface area contributed by atoms with Crippen molar-refractivity contribution in [2.24, 2.45) is 0 Å². The van der Waals surface area contributed by atoms with Crippen LogP contribution in [0.5, 0.6) is 11.5 Å². The maximum atomic E-state index is 14.3. The van der Waals surface area contributed by atoms with Crippen molar-refractivity contribution >= 4 is 37.6 Å². The van der Waals surface area contributed by atoms with Gasteiger partial charge in [0.1, 0.15) is 12.4 Å². The Morgan fingerprint density at radius 2 is 1.81 bits per heavy atom. The third-order valence-corrected chi connectivity index (χ3v) is 5.65. The number of rotatable bonds is 7. The van der Waals surface area contributed by atoms with Crippen LogP contribution in [-0.4, -0.2) is 40.3 Å². The van der Waals surface area contributed by atoms with E-state index in [0.29, 0.717) is 14.5 Å². The zero-order chi connectivity index (χ0) is 19.5. The molecule has 0 aliphatic heterocycles. The molecule has 0 unspecified atom stereocenters. The van der Waals surface area contributed by atoms with Crippen LogP contribution in [-0.2, 0) is 14.8 Å². The summed E-state index contributed by atoms with van der Waals surface area (Å²) in [4.78, 5) is 10.9. The Balaban J connectivity index is 2.61. The van der Waals surface area contributed by atoms with Crippen molar-refractivity contribution < 1.29 is 32.2 Å². The van der Waals surface area contributed by atoms with Crippen LogP contribution in [0, 0.1) is 5.82 Å². The van der Waals surface area contributed by atoms with E-state index < -0.39 is 28.4 Å². The average Bonchev–Trinajstić information content (AvgIpc) is 2.59. The Morgan fingerprint density at radius 1 is 1.15 bits per heavy atom. The Bertz CT molecular complexity index is 934. The molecule has 140 valence electrons. The molecule has 0 aliphatic carbocycles. The molecule has 0 saturated heterocycles. The van der Waals surface area contributed by atoms with Gasteiger partial charge in [0, 0.05) is 10.5 Å². The number of carboxylic acid groups (broad SMARTS) is 1. The minimum Gasteiger partial charge on any atom is -0.493 e. The second kappa shape index (κ2) is 7.92. The van der Waals surface area contributed by atoms with Gasteiger partial charge in [0.2, 0.25) is 0 Å². The average molecular weight is 448 g/mol. The van der Waals surface area contributed by atoms with Gasteiger partial charge in [0.15, 0.2) is 11.5 Å². The van der Waals surface area contributed by atoms with Gasteiger partial charge >= 0.3 is 5.97 Å². The number of nitrogens with zero attached hydrogens (tertiary/aromatic N) is 1. The Morgan fingerprint density at radius 3 is 2.35 bits per heavy atom. The van der Waals surface area contributed by atoms with Crippen LogP contribution in [0.1, 0.15) is 0 Å². The number of anilines is 1. The van der Waals surface area contributed by atoms with E-state index in [2.05, 4.69) is 15.9 Å². The molecule has 0 fully saturated rings. The molecule has 1 N–H and O–H groups in total. The lowest BCUT2D eigenvalue weighted by Crippen LogP contribution is -2.36. The first-order valence-electron chi connectivity index (χ1n) is 7.12.